The van der Waals surface area contributed by atoms with Crippen LogP contribution in [-0.4, -0.2) is 26.5 Å². The molecule has 0 amide bonds. The molecule has 0 aromatic heterocycles. The molecule has 0 aliphatic heterocycles. The van der Waals surface area contributed by atoms with E-state index < -0.39 is 9.84 Å². The second-order valence-corrected chi connectivity index (χ2v) is 8.50. The standard InChI is InChI=1S/C17H27NO2S/c1-4-13(2)12-21(19,20)16-11-7-9-14-8-5-6-10-15(14)17(16)18-3/h5-6,8,10,13,16-18H,4,7,9,11-12H2,1-3H3. The summed E-state index contributed by atoms with van der Waals surface area (Å²) in [5, 5.41) is 2.96. The SMILES string of the molecule is CCC(C)CS(=O)(=O)C1CCCc2ccccc2C1NC. The smallest absolute Gasteiger partial charge is 0.155 e. The molecule has 4 heteroatoms. The summed E-state index contributed by atoms with van der Waals surface area (Å²) in [5.74, 6) is 0.528. The highest BCUT2D eigenvalue weighted by Crippen LogP contribution is 2.33. The third-order valence-electron chi connectivity index (χ3n) is 4.68. The van der Waals surface area contributed by atoms with E-state index in [9.17, 15) is 8.42 Å². The van der Waals surface area contributed by atoms with E-state index in [4.69, 9.17) is 0 Å². The minimum atomic E-state index is -3.08. The van der Waals surface area contributed by atoms with Crippen LogP contribution in [0.5, 0.6) is 0 Å². The van der Waals surface area contributed by atoms with E-state index in [0.29, 0.717) is 5.75 Å². The summed E-state index contributed by atoms with van der Waals surface area (Å²) in [5.41, 5.74) is 2.45. The van der Waals surface area contributed by atoms with E-state index in [1.165, 1.54) is 5.56 Å². The first-order valence-corrected chi connectivity index (χ1v) is 9.67. The van der Waals surface area contributed by atoms with Gasteiger partial charge in [0.1, 0.15) is 0 Å². The Kier molecular flexibility index (Phi) is 5.44. The molecule has 0 fully saturated rings. The highest BCUT2D eigenvalue weighted by Gasteiger charge is 2.36. The maximum atomic E-state index is 12.8. The fraction of sp³-hybridized carbons (Fsp3) is 0.647. The Bertz CT molecular complexity index is 568. The van der Waals surface area contributed by atoms with Crippen molar-refractivity contribution in [3.63, 3.8) is 0 Å². The van der Waals surface area contributed by atoms with Crippen LogP contribution in [0.2, 0.25) is 0 Å². The van der Waals surface area contributed by atoms with Gasteiger partial charge in [-0.3, -0.25) is 0 Å². The molecule has 1 aromatic carbocycles. The van der Waals surface area contributed by atoms with E-state index in [1.54, 1.807) is 0 Å². The molecule has 0 radical (unpaired) electrons. The van der Waals surface area contributed by atoms with E-state index >= 15 is 0 Å². The molecule has 0 bridgehead atoms. The lowest BCUT2D eigenvalue weighted by molar-refractivity contribution is 0.491. The molecule has 0 spiro atoms. The van der Waals surface area contributed by atoms with Crippen LogP contribution in [0.1, 0.15) is 50.3 Å². The molecule has 0 heterocycles. The molecule has 1 aliphatic carbocycles. The summed E-state index contributed by atoms with van der Waals surface area (Å²) in [6.45, 7) is 4.08. The van der Waals surface area contributed by atoms with Gasteiger partial charge >= 0.3 is 0 Å². The van der Waals surface area contributed by atoms with E-state index in [2.05, 4.69) is 24.4 Å². The second-order valence-electron chi connectivity index (χ2n) is 6.24. The molecular weight excluding hydrogens is 282 g/mol. The molecule has 1 aromatic rings. The van der Waals surface area contributed by atoms with Gasteiger partial charge in [-0.1, -0.05) is 44.5 Å². The van der Waals surface area contributed by atoms with Crippen LogP contribution in [0.3, 0.4) is 0 Å². The van der Waals surface area contributed by atoms with Crippen molar-refractivity contribution in [3.05, 3.63) is 35.4 Å². The van der Waals surface area contributed by atoms with Gasteiger partial charge < -0.3 is 5.32 Å². The van der Waals surface area contributed by atoms with Crippen molar-refractivity contribution in [2.45, 2.75) is 50.8 Å². The van der Waals surface area contributed by atoms with Gasteiger partial charge in [-0.2, -0.15) is 0 Å². The number of rotatable bonds is 5. The molecular formula is C17H27NO2S. The lowest BCUT2D eigenvalue weighted by atomic mass is 9.99. The van der Waals surface area contributed by atoms with Crippen LogP contribution >= 0.6 is 0 Å². The van der Waals surface area contributed by atoms with Crippen LogP contribution in [0.4, 0.5) is 0 Å². The Morgan fingerprint density at radius 1 is 1.33 bits per heavy atom. The van der Waals surface area contributed by atoms with Gasteiger partial charge in [0.15, 0.2) is 9.84 Å². The Labute approximate surface area is 129 Å². The van der Waals surface area contributed by atoms with Crippen LogP contribution < -0.4 is 5.32 Å². The summed E-state index contributed by atoms with van der Waals surface area (Å²) in [4.78, 5) is 0. The maximum Gasteiger partial charge on any atom is 0.155 e. The largest absolute Gasteiger partial charge is 0.312 e. The zero-order chi connectivity index (χ0) is 15.5. The normalized spacial score (nSPS) is 24.1. The summed E-state index contributed by atoms with van der Waals surface area (Å²) >= 11 is 0. The third-order valence-corrected chi connectivity index (χ3v) is 7.15. The molecule has 2 rings (SSSR count). The first-order valence-electron chi connectivity index (χ1n) is 7.96. The van der Waals surface area contributed by atoms with Crippen molar-refractivity contribution in [3.8, 4) is 0 Å². The highest BCUT2D eigenvalue weighted by atomic mass is 32.2. The third kappa shape index (κ3) is 3.67. The second kappa shape index (κ2) is 6.93. The van der Waals surface area contributed by atoms with Gasteiger partial charge in [-0.15, -0.1) is 0 Å². The molecule has 1 aliphatic rings. The van der Waals surface area contributed by atoms with E-state index in [-0.39, 0.29) is 17.2 Å². The average Bonchev–Trinajstić information content (AvgIpc) is 2.66. The number of hydrogen-bond acceptors (Lipinski definition) is 3. The monoisotopic (exact) mass is 309 g/mol. The van der Waals surface area contributed by atoms with Gasteiger partial charge in [0, 0.05) is 6.04 Å². The topological polar surface area (TPSA) is 46.2 Å². The summed E-state index contributed by atoms with van der Waals surface area (Å²) in [7, 11) is -1.21. The summed E-state index contributed by atoms with van der Waals surface area (Å²) < 4.78 is 25.7. The first-order chi connectivity index (χ1) is 9.99. The molecule has 0 saturated carbocycles. The van der Waals surface area contributed by atoms with Crippen LogP contribution in [0.15, 0.2) is 24.3 Å². The molecule has 1 N–H and O–H groups in total. The van der Waals surface area contributed by atoms with Crippen molar-refractivity contribution in [2.24, 2.45) is 5.92 Å². The number of benzene rings is 1. The number of fused-ring (bicyclic) bond motifs is 1. The molecule has 3 nitrogen and oxygen atoms in total. The lowest BCUT2D eigenvalue weighted by Gasteiger charge is -2.27. The minimum absolute atomic E-state index is 0.0854. The molecule has 0 saturated heterocycles. The first kappa shape index (κ1) is 16.5. The van der Waals surface area contributed by atoms with Crippen LogP contribution in [0.25, 0.3) is 0 Å². The van der Waals surface area contributed by atoms with Crippen molar-refractivity contribution >= 4 is 9.84 Å². The molecule has 3 unspecified atom stereocenters. The van der Waals surface area contributed by atoms with Crippen LogP contribution in [-0.2, 0) is 16.3 Å². The van der Waals surface area contributed by atoms with Crippen molar-refractivity contribution in [1.82, 2.24) is 5.32 Å². The van der Waals surface area contributed by atoms with E-state index in [1.807, 2.05) is 26.1 Å². The molecule has 3 atom stereocenters. The van der Waals surface area contributed by atoms with Gasteiger partial charge in [-0.05, 0) is 43.4 Å². The van der Waals surface area contributed by atoms with Crippen molar-refractivity contribution in [1.29, 1.82) is 0 Å². The summed E-state index contributed by atoms with van der Waals surface area (Å²) in [6.07, 6.45) is 3.58. The Balaban J connectivity index is 2.35. The predicted molar refractivity (Wildman–Crippen MR) is 88.2 cm³/mol. The molecule has 118 valence electrons. The quantitative estimate of drug-likeness (QED) is 0.850. The number of nitrogens with one attached hydrogen (secondary N) is 1. The maximum absolute atomic E-state index is 12.8. The Morgan fingerprint density at radius 2 is 2.05 bits per heavy atom. The minimum Gasteiger partial charge on any atom is -0.312 e. The van der Waals surface area contributed by atoms with Crippen molar-refractivity contribution < 1.29 is 8.42 Å². The Hall–Kier alpha value is -0.870. The fourth-order valence-corrected chi connectivity index (χ4v) is 5.79. The molecule has 21 heavy (non-hydrogen) atoms. The van der Waals surface area contributed by atoms with Gasteiger partial charge in [0.05, 0.1) is 11.0 Å². The number of sulfone groups is 1. The van der Waals surface area contributed by atoms with Gasteiger partial charge in [-0.25, -0.2) is 8.42 Å². The average molecular weight is 309 g/mol. The van der Waals surface area contributed by atoms with E-state index in [0.717, 1.165) is 31.2 Å². The Morgan fingerprint density at radius 3 is 2.71 bits per heavy atom. The highest BCUT2D eigenvalue weighted by molar-refractivity contribution is 7.92. The predicted octanol–water partition coefficient (Wildman–Crippen LogP) is 3.11. The van der Waals surface area contributed by atoms with Crippen molar-refractivity contribution in [2.75, 3.05) is 12.8 Å². The van der Waals surface area contributed by atoms with Gasteiger partial charge in [0.2, 0.25) is 0 Å². The zero-order valence-electron chi connectivity index (χ0n) is 13.3. The zero-order valence-corrected chi connectivity index (χ0v) is 14.1. The summed E-state index contributed by atoms with van der Waals surface area (Å²) in [6, 6.07) is 8.17. The fourth-order valence-electron chi connectivity index (χ4n) is 3.29. The number of hydrogen-bond donors (Lipinski definition) is 1. The van der Waals surface area contributed by atoms with Crippen LogP contribution in [0, 0.1) is 5.92 Å². The lowest BCUT2D eigenvalue weighted by Crippen LogP contribution is -2.37. The number of aryl methyl sites for hydroxylation is 1. The van der Waals surface area contributed by atoms with Gasteiger partial charge in [0.25, 0.3) is 0 Å².